The molecule has 1 amide bonds. The predicted molar refractivity (Wildman–Crippen MR) is 109 cm³/mol. The molecule has 0 saturated heterocycles. The summed E-state index contributed by atoms with van der Waals surface area (Å²) in [6.07, 6.45) is 0.584. The first-order valence-corrected chi connectivity index (χ1v) is 11.0. The van der Waals surface area contributed by atoms with E-state index in [0.29, 0.717) is 12.0 Å². The fourth-order valence-corrected chi connectivity index (χ4v) is 4.92. The highest BCUT2D eigenvalue weighted by Crippen LogP contribution is 2.25. The molecule has 7 nitrogen and oxygen atoms in total. The molecular formula is C19H20N4O3S2. The zero-order chi connectivity index (χ0) is 20.1. The van der Waals surface area contributed by atoms with Crippen molar-refractivity contribution in [2.45, 2.75) is 30.6 Å². The molecule has 0 bridgehead atoms. The quantitative estimate of drug-likeness (QED) is 0.574. The first-order valence-electron chi connectivity index (χ1n) is 8.68. The summed E-state index contributed by atoms with van der Waals surface area (Å²) in [5.41, 5.74) is 2.37. The van der Waals surface area contributed by atoms with Crippen molar-refractivity contribution in [2.75, 3.05) is 5.32 Å². The van der Waals surface area contributed by atoms with Crippen LogP contribution >= 0.6 is 11.3 Å². The van der Waals surface area contributed by atoms with E-state index in [1.807, 2.05) is 38.1 Å². The van der Waals surface area contributed by atoms with E-state index in [2.05, 4.69) is 20.2 Å². The lowest BCUT2D eigenvalue weighted by Gasteiger charge is -2.18. The number of carbonyl (C=O) groups excluding carboxylic acids is 1. The second-order valence-corrected chi connectivity index (χ2v) is 9.00. The number of amides is 1. The van der Waals surface area contributed by atoms with Gasteiger partial charge in [-0.2, -0.15) is 0 Å². The number of anilines is 1. The van der Waals surface area contributed by atoms with Crippen LogP contribution in [0.3, 0.4) is 0 Å². The highest BCUT2D eigenvalue weighted by molar-refractivity contribution is 7.91. The minimum Gasteiger partial charge on any atom is -0.296 e. The summed E-state index contributed by atoms with van der Waals surface area (Å²) in [6, 6.07) is 15.8. The van der Waals surface area contributed by atoms with E-state index >= 15 is 0 Å². The third kappa shape index (κ3) is 4.61. The summed E-state index contributed by atoms with van der Waals surface area (Å²) in [5, 5.41) is 10.2. The van der Waals surface area contributed by atoms with Crippen molar-refractivity contribution in [1.29, 1.82) is 0 Å². The van der Waals surface area contributed by atoms with Gasteiger partial charge in [-0.3, -0.25) is 10.1 Å². The largest absolute Gasteiger partial charge is 0.296 e. The standard InChI is InChI=1S/C19H20N4O3S2/c1-3-16(15-12-8-7-9-13(15)2)23-28(25,26)19-22-21-18(27-19)20-17(24)14-10-5-4-6-11-14/h4-12,16,23H,3H2,1-2H3,(H,20,21,24). The number of hydrogen-bond acceptors (Lipinski definition) is 6. The van der Waals surface area contributed by atoms with Gasteiger partial charge in [-0.05, 0) is 36.6 Å². The third-order valence-corrected chi connectivity index (χ3v) is 6.84. The van der Waals surface area contributed by atoms with E-state index < -0.39 is 10.0 Å². The molecule has 1 heterocycles. The van der Waals surface area contributed by atoms with Gasteiger partial charge in [0.05, 0.1) is 0 Å². The Kier molecular flexibility index (Phi) is 6.18. The average molecular weight is 417 g/mol. The summed E-state index contributed by atoms with van der Waals surface area (Å²) in [6.45, 7) is 3.85. The van der Waals surface area contributed by atoms with Crippen molar-refractivity contribution in [3.8, 4) is 0 Å². The Bertz CT molecular complexity index is 1070. The molecule has 0 radical (unpaired) electrons. The fraction of sp³-hybridized carbons (Fsp3) is 0.211. The summed E-state index contributed by atoms with van der Waals surface area (Å²) in [7, 11) is -3.87. The summed E-state index contributed by atoms with van der Waals surface area (Å²) in [4.78, 5) is 12.2. The Morgan fingerprint density at radius 3 is 2.43 bits per heavy atom. The number of sulfonamides is 1. The zero-order valence-corrected chi connectivity index (χ0v) is 17.0. The number of nitrogens with one attached hydrogen (secondary N) is 2. The molecule has 0 fully saturated rings. The molecule has 1 unspecified atom stereocenters. The number of benzene rings is 2. The van der Waals surface area contributed by atoms with Crippen LogP contribution in [0.15, 0.2) is 58.9 Å². The van der Waals surface area contributed by atoms with Crippen LogP contribution in [0, 0.1) is 6.92 Å². The van der Waals surface area contributed by atoms with Gasteiger partial charge in [0.2, 0.25) is 9.47 Å². The van der Waals surface area contributed by atoms with E-state index in [-0.39, 0.29) is 21.4 Å². The van der Waals surface area contributed by atoms with Crippen LogP contribution < -0.4 is 10.0 Å². The molecule has 2 aromatic carbocycles. The van der Waals surface area contributed by atoms with E-state index in [9.17, 15) is 13.2 Å². The highest BCUT2D eigenvalue weighted by Gasteiger charge is 2.25. The van der Waals surface area contributed by atoms with E-state index in [1.54, 1.807) is 30.3 Å². The van der Waals surface area contributed by atoms with Crippen LogP contribution in [0.5, 0.6) is 0 Å². The molecule has 2 N–H and O–H groups in total. The van der Waals surface area contributed by atoms with Crippen LogP contribution in [0.1, 0.15) is 40.9 Å². The molecule has 0 spiro atoms. The molecule has 3 rings (SSSR count). The summed E-state index contributed by atoms with van der Waals surface area (Å²) < 4.78 is 28.0. The second-order valence-electron chi connectivity index (χ2n) is 6.13. The number of rotatable bonds is 7. The van der Waals surface area contributed by atoms with Crippen LogP contribution in [-0.2, 0) is 10.0 Å². The molecule has 9 heteroatoms. The van der Waals surface area contributed by atoms with Gasteiger partial charge in [0.15, 0.2) is 0 Å². The van der Waals surface area contributed by atoms with Crippen molar-refractivity contribution in [2.24, 2.45) is 0 Å². The summed E-state index contributed by atoms with van der Waals surface area (Å²) in [5.74, 6) is -0.375. The second kappa shape index (κ2) is 8.59. The molecule has 28 heavy (non-hydrogen) atoms. The number of aromatic nitrogens is 2. The molecule has 1 aromatic heterocycles. The maximum atomic E-state index is 12.7. The Morgan fingerprint density at radius 1 is 1.07 bits per heavy atom. The van der Waals surface area contributed by atoms with Crippen molar-refractivity contribution >= 4 is 32.4 Å². The van der Waals surface area contributed by atoms with E-state index in [0.717, 1.165) is 22.5 Å². The molecule has 0 aliphatic heterocycles. The predicted octanol–water partition coefficient (Wildman–Crippen LogP) is 3.53. The number of aryl methyl sites for hydroxylation is 1. The molecule has 1 atom stereocenters. The van der Waals surface area contributed by atoms with Gasteiger partial charge in [-0.1, -0.05) is 60.7 Å². The van der Waals surface area contributed by atoms with Gasteiger partial charge in [0.1, 0.15) is 0 Å². The normalized spacial score (nSPS) is 12.5. The first-order chi connectivity index (χ1) is 13.4. The van der Waals surface area contributed by atoms with Crippen molar-refractivity contribution < 1.29 is 13.2 Å². The SMILES string of the molecule is CCC(NS(=O)(=O)c1nnc(NC(=O)c2ccccc2)s1)c1ccccc1C. The minimum absolute atomic E-state index is 0.123. The van der Waals surface area contributed by atoms with Gasteiger partial charge in [-0.15, -0.1) is 10.2 Å². The van der Waals surface area contributed by atoms with Gasteiger partial charge < -0.3 is 0 Å². The average Bonchev–Trinajstić information content (AvgIpc) is 3.17. The monoisotopic (exact) mass is 416 g/mol. The van der Waals surface area contributed by atoms with Crippen LogP contribution in [0.4, 0.5) is 5.13 Å². The lowest BCUT2D eigenvalue weighted by molar-refractivity contribution is 0.102. The number of nitrogens with zero attached hydrogens (tertiary/aromatic N) is 2. The van der Waals surface area contributed by atoms with Gasteiger partial charge in [-0.25, -0.2) is 13.1 Å². The van der Waals surface area contributed by atoms with Crippen molar-refractivity contribution in [1.82, 2.24) is 14.9 Å². The van der Waals surface area contributed by atoms with Gasteiger partial charge in [0.25, 0.3) is 15.9 Å². The van der Waals surface area contributed by atoms with Crippen LogP contribution in [0.2, 0.25) is 0 Å². The maximum absolute atomic E-state index is 12.7. The first kappa shape index (κ1) is 20.1. The minimum atomic E-state index is -3.87. The molecule has 0 aliphatic rings. The molecule has 3 aromatic rings. The Morgan fingerprint density at radius 2 is 1.75 bits per heavy atom. The Hall–Kier alpha value is -2.62. The van der Waals surface area contributed by atoms with E-state index in [4.69, 9.17) is 0 Å². The Labute approximate surface area is 167 Å². The van der Waals surface area contributed by atoms with Crippen molar-refractivity contribution in [3.05, 3.63) is 71.3 Å². The smallest absolute Gasteiger partial charge is 0.270 e. The zero-order valence-electron chi connectivity index (χ0n) is 15.4. The lowest BCUT2D eigenvalue weighted by Crippen LogP contribution is -2.28. The molecule has 146 valence electrons. The molecular weight excluding hydrogens is 396 g/mol. The van der Waals surface area contributed by atoms with Crippen LogP contribution in [0.25, 0.3) is 0 Å². The number of hydrogen-bond donors (Lipinski definition) is 2. The van der Waals surface area contributed by atoms with Crippen LogP contribution in [-0.4, -0.2) is 24.5 Å². The molecule has 0 aliphatic carbocycles. The third-order valence-electron chi connectivity index (χ3n) is 4.16. The topological polar surface area (TPSA) is 101 Å². The van der Waals surface area contributed by atoms with Gasteiger partial charge >= 0.3 is 0 Å². The van der Waals surface area contributed by atoms with Gasteiger partial charge in [0, 0.05) is 11.6 Å². The highest BCUT2D eigenvalue weighted by atomic mass is 32.2. The number of carbonyl (C=O) groups is 1. The van der Waals surface area contributed by atoms with E-state index in [1.165, 1.54) is 0 Å². The fourth-order valence-electron chi connectivity index (χ4n) is 2.71. The summed E-state index contributed by atoms with van der Waals surface area (Å²) >= 11 is 0.810. The molecule has 0 saturated carbocycles. The maximum Gasteiger partial charge on any atom is 0.270 e. The van der Waals surface area contributed by atoms with Crippen molar-refractivity contribution in [3.63, 3.8) is 0 Å². The lowest BCUT2D eigenvalue weighted by atomic mass is 10.0. The Balaban J connectivity index is 1.76.